The Hall–Kier alpha value is -1.40. The number of aryl methyl sites for hydroxylation is 1. The van der Waals surface area contributed by atoms with Crippen molar-refractivity contribution in [1.82, 2.24) is 14.9 Å². The van der Waals surface area contributed by atoms with E-state index in [9.17, 15) is 4.79 Å². The standard InChI is InChI=1S/C13H15ClN4OS/c1-8-7-10-11(15-13(14)16-12(10)20-8)18-5-3-17(4-6-18)9(2)19/h7H,3-6H2,1-2H3. The Morgan fingerprint density at radius 2 is 2.00 bits per heavy atom. The summed E-state index contributed by atoms with van der Waals surface area (Å²) in [5.41, 5.74) is 0. The van der Waals surface area contributed by atoms with Crippen LogP contribution in [0, 0.1) is 6.92 Å². The molecule has 3 heterocycles. The van der Waals surface area contributed by atoms with Crippen LogP contribution in [0.25, 0.3) is 10.2 Å². The molecule has 2 aromatic heterocycles. The molecule has 1 aliphatic heterocycles. The highest BCUT2D eigenvalue weighted by Gasteiger charge is 2.22. The first-order chi connectivity index (χ1) is 9.54. The first-order valence-electron chi connectivity index (χ1n) is 6.49. The lowest BCUT2D eigenvalue weighted by Gasteiger charge is -2.35. The van der Waals surface area contributed by atoms with E-state index in [1.165, 1.54) is 4.88 Å². The van der Waals surface area contributed by atoms with Gasteiger partial charge in [0.05, 0.1) is 5.39 Å². The molecular formula is C13H15ClN4OS. The zero-order valence-electron chi connectivity index (χ0n) is 11.4. The van der Waals surface area contributed by atoms with Crippen molar-refractivity contribution in [2.24, 2.45) is 0 Å². The number of carbonyl (C=O) groups is 1. The third-order valence-corrected chi connectivity index (χ3v) is 4.61. The molecule has 0 aliphatic carbocycles. The quantitative estimate of drug-likeness (QED) is 0.759. The van der Waals surface area contributed by atoms with Crippen molar-refractivity contribution in [2.75, 3.05) is 31.1 Å². The van der Waals surface area contributed by atoms with Gasteiger partial charge in [0, 0.05) is 38.0 Å². The van der Waals surface area contributed by atoms with Gasteiger partial charge < -0.3 is 9.80 Å². The summed E-state index contributed by atoms with van der Waals surface area (Å²) in [5.74, 6) is 1.01. The second-order valence-electron chi connectivity index (χ2n) is 4.89. The van der Waals surface area contributed by atoms with Crippen molar-refractivity contribution in [1.29, 1.82) is 0 Å². The fourth-order valence-electron chi connectivity index (χ4n) is 2.48. The Morgan fingerprint density at radius 3 is 2.65 bits per heavy atom. The Morgan fingerprint density at radius 1 is 1.30 bits per heavy atom. The predicted octanol–water partition coefficient (Wildman–Crippen LogP) is 2.32. The van der Waals surface area contributed by atoms with Gasteiger partial charge >= 0.3 is 0 Å². The summed E-state index contributed by atoms with van der Waals surface area (Å²) in [4.78, 5) is 26.2. The van der Waals surface area contributed by atoms with Crippen LogP contribution in [0.5, 0.6) is 0 Å². The molecule has 1 fully saturated rings. The molecule has 3 rings (SSSR count). The van der Waals surface area contributed by atoms with Gasteiger partial charge in [0.15, 0.2) is 0 Å². The van der Waals surface area contributed by atoms with Crippen molar-refractivity contribution in [2.45, 2.75) is 13.8 Å². The van der Waals surface area contributed by atoms with Crippen LogP contribution in [0.2, 0.25) is 5.28 Å². The average Bonchev–Trinajstić information content (AvgIpc) is 2.78. The van der Waals surface area contributed by atoms with Crippen LogP contribution in [-0.4, -0.2) is 47.0 Å². The van der Waals surface area contributed by atoms with Crippen LogP contribution < -0.4 is 4.90 Å². The highest BCUT2D eigenvalue weighted by atomic mass is 35.5. The molecule has 0 unspecified atom stereocenters. The zero-order valence-corrected chi connectivity index (χ0v) is 13.0. The molecule has 0 radical (unpaired) electrons. The number of piperazine rings is 1. The summed E-state index contributed by atoms with van der Waals surface area (Å²) in [7, 11) is 0. The van der Waals surface area contributed by atoms with E-state index in [0.717, 1.165) is 42.2 Å². The van der Waals surface area contributed by atoms with Gasteiger partial charge in [-0.2, -0.15) is 4.98 Å². The van der Waals surface area contributed by atoms with Crippen molar-refractivity contribution in [3.8, 4) is 0 Å². The molecule has 106 valence electrons. The Kier molecular flexibility index (Phi) is 3.52. The van der Waals surface area contributed by atoms with E-state index in [1.807, 2.05) is 4.90 Å². The van der Waals surface area contributed by atoms with Crippen molar-refractivity contribution in [3.05, 3.63) is 16.2 Å². The second kappa shape index (κ2) is 5.18. The summed E-state index contributed by atoms with van der Waals surface area (Å²) in [6, 6.07) is 2.10. The number of rotatable bonds is 1. The van der Waals surface area contributed by atoms with E-state index in [2.05, 4.69) is 27.9 Å². The van der Waals surface area contributed by atoms with E-state index in [-0.39, 0.29) is 11.2 Å². The number of anilines is 1. The number of nitrogens with zero attached hydrogens (tertiary/aromatic N) is 4. The molecule has 2 aromatic rings. The van der Waals surface area contributed by atoms with Crippen LogP contribution >= 0.6 is 22.9 Å². The maximum atomic E-state index is 11.4. The first kappa shape index (κ1) is 13.6. The number of hydrogen-bond donors (Lipinski definition) is 0. The van der Waals surface area contributed by atoms with Crippen LogP contribution in [0.15, 0.2) is 6.07 Å². The number of aromatic nitrogens is 2. The van der Waals surface area contributed by atoms with Crippen LogP contribution in [0.3, 0.4) is 0 Å². The number of fused-ring (bicyclic) bond motifs is 1. The number of hydrogen-bond acceptors (Lipinski definition) is 5. The molecule has 0 spiro atoms. The van der Waals surface area contributed by atoms with Gasteiger partial charge in [-0.1, -0.05) is 0 Å². The Balaban J connectivity index is 1.93. The van der Waals surface area contributed by atoms with Gasteiger partial charge in [-0.15, -0.1) is 11.3 Å². The monoisotopic (exact) mass is 310 g/mol. The number of carbonyl (C=O) groups excluding carboxylic acids is 1. The molecule has 0 atom stereocenters. The van der Waals surface area contributed by atoms with E-state index >= 15 is 0 Å². The minimum atomic E-state index is 0.127. The smallest absolute Gasteiger partial charge is 0.225 e. The molecule has 0 bridgehead atoms. The summed E-state index contributed by atoms with van der Waals surface area (Å²) in [6.07, 6.45) is 0. The lowest BCUT2D eigenvalue weighted by molar-refractivity contribution is -0.129. The minimum Gasteiger partial charge on any atom is -0.352 e. The molecule has 1 saturated heterocycles. The van der Waals surface area contributed by atoms with Crippen LogP contribution in [0.1, 0.15) is 11.8 Å². The maximum Gasteiger partial charge on any atom is 0.225 e. The molecule has 20 heavy (non-hydrogen) atoms. The minimum absolute atomic E-state index is 0.127. The van der Waals surface area contributed by atoms with E-state index in [1.54, 1.807) is 18.3 Å². The largest absolute Gasteiger partial charge is 0.352 e. The Labute approximate surface area is 126 Å². The molecule has 5 nitrogen and oxygen atoms in total. The van der Waals surface area contributed by atoms with Gasteiger partial charge in [0.2, 0.25) is 11.2 Å². The van der Waals surface area contributed by atoms with Gasteiger partial charge in [0.1, 0.15) is 10.6 Å². The Bertz CT molecular complexity index is 664. The van der Waals surface area contributed by atoms with Crippen molar-refractivity contribution >= 4 is 44.9 Å². The molecule has 1 aliphatic rings. The van der Waals surface area contributed by atoms with Crippen LogP contribution in [-0.2, 0) is 4.79 Å². The summed E-state index contributed by atoms with van der Waals surface area (Å²) >= 11 is 7.65. The molecule has 1 amide bonds. The lowest BCUT2D eigenvalue weighted by Crippen LogP contribution is -2.48. The van der Waals surface area contributed by atoms with Gasteiger partial charge in [-0.05, 0) is 24.6 Å². The average molecular weight is 311 g/mol. The fourth-order valence-corrected chi connectivity index (χ4v) is 3.56. The molecular weight excluding hydrogens is 296 g/mol. The fraction of sp³-hybridized carbons (Fsp3) is 0.462. The van der Waals surface area contributed by atoms with Gasteiger partial charge in [-0.25, -0.2) is 4.98 Å². The molecule has 0 saturated carbocycles. The number of amides is 1. The summed E-state index contributed by atoms with van der Waals surface area (Å²) < 4.78 is 0. The summed E-state index contributed by atoms with van der Waals surface area (Å²) in [6.45, 7) is 6.66. The topological polar surface area (TPSA) is 49.3 Å². The normalized spacial score (nSPS) is 15.9. The number of thiophene rings is 1. The van der Waals surface area contributed by atoms with E-state index < -0.39 is 0 Å². The maximum absolute atomic E-state index is 11.4. The van der Waals surface area contributed by atoms with Crippen molar-refractivity contribution in [3.63, 3.8) is 0 Å². The highest BCUT2D eigenvalue weighted by Crippen LogP contribution is 2.32. The molecule has 0 aromatic carbocycles. The second-order valence-corrected chi connectivity index (χ2v) is 6.46. The molecule has 7 heteroatoms. The van der Waals surface area contributed by atoms with Crippen LogP contribution in [0.4, 0.5) is 5.82 Å². The SMILES string of the molecule is CC(=O)N1CCN(c2nc(Cl)nc3sc(C)cc23)CC1. The molecule has 0 N–H and O–H groups in total. The summed E-state index contributed by atoms with van der Waals surface area (Å²) in [5, 5.41) is 1.33. The lowest BCUT2D eigenvalue weighted by atomic mass is 10.2. The third-order valence-electron chi connectivity index (χ3n) is 3.49. The first-order valence-corrected chi connectivity index (χ1v) is 7.68. The van der Waals surface area contributed by atoms with E-state index in [0.29, 0.717) is 0 Å². The van der Waals surface area contributed by atoms with Gasteiger partial charge in [-0.3, -0.25) is 4.79 Å². The van der Waals surface area contributed by atoms with Gasteiger partial charge in [0.25, 0.3) is 0 Å². The zero-order chi connectivity index (χ0) is 14.3. The highest BCUT2D eigenvalue weighted by molar-refractivity contribution is 7.18. The van der Waals surface area contributed by atoms with Crippen molar-refractivity contribution < 1.29 is 4.79 Å². The third kappa shape index (κ3) is 2.45. The number of halogens is 1. The predicted molar refractivity (Wildman–Crippen MR) is 81.6 cm³/mol. The van der Waals surface area contributed by atoms with E-state index in [4.69, 9.17) is 11.6 Å².